The third-order valence-corrected chi connectivity index (χ3v) is 3.30. The van der Waals surface area contributed by atoms with Crippen molar-refractivity contribution in [3.8, 4) is 28.4 Å². The van der Waals surface area contributed by atoms with E-state index in [9.17, 15) is 0 Å². The summed E-state index contributed by atoms with van der Waals surface area (Å²) in [5.74, 6) is 1.75. The molecule has 1 heterocycles. The van der Waals surface area contributed by atoms with Crippen LogP contribution in [0, 0.1) is 6.92 Å². The summed E-state index contributed by atoms with van der Waals surface area (Å²) in [7, 11) is 1.67. The fourth-order valence-electron chi connectivity index (χ4n) is 2.22. The molecule has 0 fully saturated rings. The van der Waals surface area contributed by atoms with Crippen molar-refractivity contribution in [1.82, 2.24) is 9.97 Å². The summed E-state index contributed by atoms with van der Waals surface area (Å²) in [6.07, 6.45) is 0. The maximum atomic E-state index is 5.18. The van der Waals surface area contributed by atoms with E-state index in [0.29, 0.717) is 0 Å². The summed E-state index contributed by atoms with van der Waals surface area (Å²) in [5, 5.41) is 0. The number of aromatic amines is 1. The van der Waals surface area contributed by atoms with Crippen molar-refractivity contribution in [1.29, 1.82) is 0 Å². The average Bonchev–Trinajstić information content (AvgIpc) is 2.90. The van der Waals surface area contributed by atoms with Crippen LogP contribution in [-0.2, 0) is 0 Å². The number of nitrogens with zero attached hydrogens (tertiary/aromatic N) is 1. The van der Waals surface area contributed by atoms with E-state index >= 15 is 0 Å². The highest BCUT2D eigenvalue weighted by atomic mass is 16.5. The lowest BCUT2D eigenvalue weighted by molar-refractivity contribution is 0.415. The van der Waals surface area contributed by atoms with E-state index in [0.717, 1.165) is 34.1 Å². The predicted octanol–water partition coefficient (Wildman–Crippen LogP) is 4.06. The molecular weight excluding hydrogens is 248 g/mol. The van der Waals surface area contributed by atoms with Gasteiger partial charge in [-0.25, -0.2) is 4.98 Å². The Morgan fingerprint density at radius 2 is 1.60 bits per heavy atom. The SMILES string of the molecule is COc1ccc(-c2nc(-c3ccccc3)[nH]c2C)cc1. The molecule has 100 valence electrons. The van der Waals surface area contributed by atoms with Gasteiger partial charge in [0.25, 0.3) is 0 Å². The molecule has 0 aliphatic rings. The Morgan fingerprint density at radius 3 is 2.25 bits per heavy atom. The van der Waals surface area contributed by atoms with Gasteiger partial charge in [-0.1, -0.05) is 30.3 Å². The second-order valence-corrected chi connectivity index (χ2v) is 4.65. The lowest BCUT2D eigenvalue weighted by Gasteiger charge is -2.01. The molecule has 0 unspecified atom stereocenters. The number of rotatable bonds is 3. The van der Waals surface area contributed by atoms with E-state index in [1.165, 1.54) is 0 Å². The number of methoxy groups -OCH3 is 1. The topological polar surface area (TPSA) is 37.9 Å². The Morgan fingerprint density at radius 1 is 0.900 bits per heavy atom. The Bertz CT molecular complexity index is 700. The zero-order chi connectivity index (χ0) is 13.9. The van der Waals surface area contributed by atoms with Crippen molar-refractivity contribution < 1.29 is 4.74 Å². The molecule has 0 aliphatic carbocycles. The van der Waals surface area contributed by atoms with Crippen LogP contribution >= 0.6 is 0 Å². The Labute approximate surface area is 118 Å². The summed E-state index contributed by atoms with van der Waals surface area (Å²) >= 11 is 0. The van der Waals surface area contributed by atoms with E-state index < -0.39 is 0 Å². The van der Waals surface area contributed by atoms with Crippen molar-refractivity contribution in [2.75, 3.05) is 7.11 Å². The van der Waals surface area contributed by atoms with Crippen molar-refractivity contribution in [3.63, 3.8) is 0 Å². The van der Waals surface area contributed by atoms with Crippen molar-refractivity contribution in [2.24, 2.45) is 0 Å². The molecule has 0 saturated carbocycles. The van der Waals surface area contributed by atoms with Crippen LogP contribution in [0.4, 0.5) is 0 Å². The minimum atomic E-state index is 0.852. The van der Waals surface area contributed by atoms with E-state index in [-0.39, 0.29) is 0 Å². The molecule has 0 bridgehead atoms. The standard InChI is InChI=1S/C17H16N2O/c1-12-16(13-8-10-15(20-2)11-9-13)19-17(18-12)14-6-4-3-5-7-14/h3-11H,1-2H3,(H,18,19). The molecule has 0 atom stereocenters. The van der Waals surface area contributed by atoms with E-state index in [1.807, 2.05) is 49.4 Å². The highest BCUT2D eigenvalue weighted by Crippen LogP contribution is 2.26. The summed E-state index contributed by atoms with van der Waals surface area (Å²) in [6.45, 7) is 2.04. The molecule has 3 aromatic rings. The molecule has 0 spiro atoms. The molecule has 0 aliphatic heterocycles. The highest BCUT2D eigenvalue weighted by Gasteiger charge is 2.10. The molecule has 0 radical (unpaired) electrons. The fraction of sp³-hybridized carbons (Fsp3) is 0.118. The van der Waals surface area contributed by atoms with Gasteiger partial charge in [0.15, 0.2) is 0 Å². The van der Waals surface area contributed by atoms with Gasteiger partial charge < -0.3 is 9.72 Å². The first kappa shape index (κ1) is 12.5. The maximum absolute atomic E-state index is 5.18. The molecule has 1 N–H and O–H groups in total. The second-order valence-electron chi connectivity index (χ2n) is 4.65. The Kier molecular flexibility index (Phi) is 3.25. The maximum Gasteiger partial charge on any atom is 0.138 e. The quantitative estimate of drug-likeness (QED) is 0.774. The summed E-state index contributed by atoms with van der Waals surface area (Å²) in [6, 6.07) is 18.1. The number of hydrogen-bond acceptors (Lipinski definition) is 2. The van der Waals surface area contributed by atoms with Crippen LogP contribution in [0.3, 0.4) is 0 Å². The van der Waals surface area contributed by atoms with Gasteiger partial charge in [-0.05, 0) is 31.2 Å². The lowest BCUT2D eigenvalue weighted by Crippen LogP contribution is -1.84. The average molecular weight is 264 g/mol. The third kappa shape index (κ3) is 2.30. The smallest absolute Gasteiger partial charge is 0.138 e. The van der Waals surface area contributed by atoms with Crippen LogP contribution in [0.1, 0.15) is 5.69 Å². The number of benzene rings is 2. The van der Waals surface area contributed by atoms with Gasteiger partial charge in [-0.3, -0.25) is 0 Å². The summed E-state index contributed by atoms with van der Waals surface area (Å²) in [5.41, 5.74) is 4.22. The van der Waals surface area contributed by atoms with Crippen LogP contribution in [0.25, 0.3) is 22.6 Å². The van der Waals surface area contributed by atoms with Gasteiger partial charge >= 0.3 is 0 Å². The minimum Gasteiger partial charge on any atom is -0.497 e. The van der Waals surface area contributed by atoms with Crippen molar-refractivity contribution >= 4 is 0 Å². The number of aryl methyl sites for hydroxylation is 1. The molecule has 20 heavy (non-hydrogen) atoms. The van der Waals surface area contributed by atoms with Crippen molar-refractivity contribution in [2.45, 2.75) is 6.92 Å². The molecule has 0 saturated heterocycles. The Balaban J connectivity index is 2.00. The molecule has 2 aromatic carbocycles. The minimum absolute atomic E-state index is 0.852. The summed E-state index contributed by atoms with van der Waals surface area (Å²) < 4.78 is 5.18. The van der Waals surface area contributed by atoms with Crippen LogP contribution in [0.15, 0.2) is 54.6 Å². The Hall–Kier alpha value is -2.55. The van der Waals surface area contributed by atoms with Crippen LogP contribution < -0.4 is 4.74 Å². The molecule has 3 heteroatoms. The molecular formula is C17H16N2O. The molecule has 3 rings (SSSR count). The van der Waals surface area contributed by atoms with E-state index in [1.54, 1.807) is 7.11 Å². The monoisotopic (exact) mass is 264 g/mol. The normalized spacial score (nSPS) is 10.5. The molecule has 0 amide bonds. The van der Waals surface area contributed by atoms with Crippen LogP contribution in [0.5, 0.6) is 5.75 Å². The number of aromatic nitrogens is 2. The predicted molar refractivity (Wildman–Crippen MR) is 80.7 cm³/mol. The summed E-state index contributed by atoms with van der Waals surface area (Å²) in [4.78, 5) is 8.06. The first-order valence-corrected chi connectivity index (χ1v) is 6.54. The fourth-order valence-corrected chi connectivity index (χ4v) is 2.22. The zero-order valence-corrected chi connectivity index (χ0v) is 11.6. The second kappa shape index (κ2) is 5.21. The van der Waals surface area contributed by atoms with E-state index in [2.05, 4.69) is 17.1 Å². The van der Waals surface area contributed by atoms with Gasteiger partial charge in [0, 0.05) is 16.8 Å². The number of H-pyrrole nitrogens is 1. The van der Waals surface area contributed by atoms with Gasteiger partial charge in [0.2, 0.25) is 0 Å². The van der Waals surface area contributed by atoms with Gasteiger partial charge in [-0.15, -0.1) is 0 Å². The number of ether oxygens (including phenoxy) is 1. The lowest BCUT2D eigenvalue weighted by atomic mass is 10.1. The van der Waals surface area contributed by atoms with Crippen LogP contribution in [0.2, 0.25) is 0 Å². The van der Waals surface area contributed by atoms with Gasteiger partial charge in [-0.2, -0.15) is 0 Å². The van der Waals surface area contributed by atoms with Gasteiger partial charge in [0.1, 0.15) is 11.6 Å². The number of imidazole rings is 1. The van der Waals surface area contributed by atoms with Crippen LogP contribution in [-0.4, -0.2) is 17.1 Å². The molecule has 1 aromatic heterocycles. The number of hydrogen-bond donors (Lipinski definition) is 1. The molecule has 3 nitrogen and oxygen atoms in total. The van der Waals surface area contributed by atoms with Crippen molar-refractivity contribution in [3.05, 3.63) is 60.3 Å². The zero-order valence-electron chi connectivity index (χ0n) is 11.6. The van der Waals surface area contributed by atoms with Gasteiger partial charge in [0.05, 0.1) is 12.8 Å². The first-order valence-electron chi connectivity index (χ1n) is 6.54. The highest BCUT2D eigenvalue weighted by molar-refractivity contribution is 5.67. The van der Waals surface area contributed by atoms with E-state index in [4.69, 9.17) is 9.72 Å². The third-order valence-electron chi connectivity index (χ3n) is 3.30. The largest absolute Gasteiger partial charge is 0.497 e. The number of nitrogens with one attached hydrogen (secondary N) is 1. The first-order chi connectivity index (χ1) is 9.78.